The summed E-state index contributed by atoms with van der Waals surface area (Å²) in [4.78, 5) is 24.8. The highest BCUT2D eigenvalue weighted by Gasteiger charge is 2.36. The summed E-state index contributed by atoms with van der Waals surface area (Å²) in [7, 11) is 0. The van der Waals surface area contributed by atoms with E-state index in [1.54, 1.807) is 6.07 Å². The number of aliphatic carboxylic acids is 1. The maximum absolute atomic E-state index is 13.1. The van der Waals surface area contributed by atoms with Crippen LogP contribution in [0, 0.1) is 17.7 Å². The van der Waals surface area contributed by atoms with Gasteiger partial charge in [-0.1, -0.05) is 19.9 Å². The summed E-state index contributed by atoms with van der Waals surface area (Å²) in [6.45, 7) is 5.01. The van der Waals surface area contributed by atoms with E-state index in [4.69, 9.17) is 9.84 Å². The first-order valence-corrected chi connectivity index (χ1v) is 7.97. The van der Waals surface area contributed by atoms with Crippen LogP contribution in [0.3, 0.4) is 0 Å². The van der Waals surface area contributed by atoms with Crippen LogP contribution < -0.4 is 10.1 Å². The van der Waals surface area contributed by atoms with Gasteiger partial charge in [0.2, 0.25) is 0 Å². The molecule has 6 nitrogen and oxygen atoms in total. The SMILES string of the molecule is CC(C)[C@H]1CN(CC(=O)O)C[C@@H]1NC(=O)COc1cccc(F)c1. The van der Waals surface area contributed by atoms with Gasteiger partial charge in [-0.2, -0.15) is 0 Å². The molecule has 0 saturated carbocycles. The molecule has 1 aromatic carbocycles. The standard InChI is InChI=1S/C17H23FN2O4/c1-11(2)14-7-20(9-17(22)23)8-15(14)19-16(21)10-24-13-5-3-4-12(18)6-13/h3-6,11,14-15H,7-10H2,1-2H3,(H,19,21)(H,22,23)/t14-,15+/m1/s1. The largest absolute Gasteiger partial charge is 0.484 e. The van der Waals surface area contributed by atoms with Crippen molar-refractivity contribution in [1.82, 2.24) is 10.2 Å². The average Bonchev–Trinajstić information content (AvgIpc) is 2.87. The lowest BCUT2D eigenvalue weighted by molar-refractivity contribution is -0.138. The fourth-order valence-electron chi connectivity index (χ4n) is 3.02. The number of nitrogens with one attached hydrogen (secondary N) is 1. The van der Waals surface area contributed by atoms with Gasteiger partial charge in [-0.3, -0.25) is 14.5 Å². The number of halogens is 1. The molecule has 7 heteroatoms. The van der Waals surface area contributed by atoms with E-state index in [0.717, 1.165) is 0 Å². The lowest BCUT2D eigenvalue weighted by atomic mass is 9.91. The minimum absolute atomic E-state index is 0.0324. The molecule has 1 amide bonds. The molecule has 0 radical (unpaired) electrons. The number of hydrogen-bond donors (Lipinski definition) is 2. The number of benzene rings is 1. The molecule has 0 spiro atoms. The van der Waals surface area contributed by atoms with Gasteiger partial charge >= 0.3 is 5.97 Å². The number of ether oxygens (including phenoxy) is 1. The summed E-state index contributed by atoms with van der Waals surface area (Å²) in [6, 6.07) is 5.49. The van der Waals surface area contributed by atoms with Gasteiger partial charge in [-0.15, -0.1) is 0 Å². The molecule has 132 valence electrons. The first kappa shape index (κ1) is 18.2. The molecule has 2 atom stereocenters. The van der Waals surface area contributed by atoms with E-state index in [2.05, 4.69) is 19.2 Å². The zero-order valence-electron chi connectivity index (χ0n) is 13.9. The number of carbonyl (C=O) groups excluding carboxylic acids is 1. The van der Waals surface area contributed by atoms with Crippen molar-refractivity contribution in [1.29, 1.82) is 0 Å². The van der Waals surface area contributed by atoms with Crippen LogP contribution in [-0.2, 0) is 9.59 Å². The van der Waals surface area contributed by atoms with Crippen molar-refractivity contribution in [2.24, 2.45) is 11.8 Å². The highest BCUT2D eigenvalue weighted by atomic mass is 19.1. The topological polar surface area (TPSA) is 78.9 Å². The summed E-state index contributed by atoms with van der Waals surface area (Å²) in [5, 5.41) is 11.8. The molecule has 1 aliphatic rings. The Labute approximate surface area is 140 Å². The van der Waals surface area contributed by atoms with Crippen LogP contribution in [0.5, 0.6) is 5.75 Å². The van der Waals surface area contributed by atoms with Crippen molar-refractivity contribution in [3.63, 3.8) is 0 Å². The molecule has 24 heavy (non-hydrogen) atoms. The van der Waals surface area contributed by atoms with Crippen LogP contribution >= 0.6 is 0 Å². The van der Waals surface area contributed by atoms with Gasteiger partial charge in [-0.05, 0) is 24.0 Å². The monoisotopic (exact) mass is 338 g/mol. The van der Waals surface area contributed by atoms with Crippen molar-refractivity contribution >= 4 is 11.9 Å². The molecule has 0 unspecified atom stereocenters. The third-order valence-electron chi connectivity index (χ3n) is 4.17. The number of hydrogen-bond acceptors (Lipinski definition) is 4. The zero-order valence-corrected chi connectivity index (χ0v) is 13.9. The van der Waals surface area contributed by atoms with E-state index in [0.29, 0.717) is 24.8 Å². The van der Waals surface area contributed by atoms with E-state index < -0.39 is 11.8 Å². The Hall–Kier alpha value is -2.15. The van der Waals surface area contributed by atoms with Crippen LogP contribution in [0.4, 0.5) is 4.39 Å². The van der Waals surface area contributed by atoms with Crippen molar-refractivity contribution in [2.45, 2.75) is 19.9 Å². The Morgan fingerprint density at radius 1 is 1.42 bits per heavy atom. The molecule has 0 aromatic heterocycles. The maximum atomic E-state index is 13.1. The van der Waals surface area contributed by atoms with Crippen LogP contribution in [0.1, 0.15) is 13.8 Å². The van der Waals surface area contributed by atoms with Gasteiger partial charge in [-0.25, -0.2) is 4.39 Å². The van der Waals surface area contributed by atoms with E-state index in [9.17, 15) is 14.0 Å². The molecule has 1 fully saturated rings. The molecule has 2 rings (SSSR count). The van der Waals surface area contributed by atoms with Gasteiger partial charge < -0.3 is 15.2 Å². The van der Waals surface area contributed by atoms with Crippen LogP contribution in [-0.4, -0.2) is 54.2 Å². The fraction of sp³-hybridized carbons (Fsp3) is 0.529. The van der Waals surface area contributed by atoms with Gasteiger partial charge in [0.15, 0.2) is 6.61 Å². The first-order valence-electron chi connectivity index (χ1n) is 7.97. The van der Waals surface area contributed by atoms with E-state index in [1.165, 1.54) is 18.2 Å². The Kier molecular flexibility index (Phi) is 6.14. The second-order valence-electron chi connectivity index (χ2n) is 6.42. The van der Waals surface area contributed by atoms with Crippen LogP contribution in [0.15, 0.2) is 24.3 Å². The van der Waals surface area contributed by atoms with E-state index in [1.807, 2.05) is 4.90 Å². The lowest BCUT2D eigenvalue weighted by Crippen LogP contribution is -2.44. The Morgan fingerprint density at radius 3 is 2.79 bits per heavy atom. The molecule has 1 saturated heterocycles. The number of carboxylic acid groups (broad SMARTS) is 1. The second kappa shape index (κ2) is 8.10. The van der Waals surface area contributed by atoms with Crippen molar-refractivity contribution < 1.29 is 23.8 Å². The van der Waals surface area contributed by atoms with Crippen LogP contribution in [0.2, 0.25) is 0 Å². The average molecular weight is 338 g/mol. The third kappa shape index (κ3) is 5.19. The second-order valence-corrected chi connectivity index (χ2v) is 6.42. The molecule has 2 N–H and O–H groups in total. The van der Waals surface area contributed by atoms with E-state index >= 15 is 0 Å². The number of carboxylic acids is 1. The maximum Gasteiger partial charge on any atom is 0.317 e. The molecule has 1 aromatic rings. The number of likely N-dealkylation sites (tertiary alicyclic amines) is 1. The summed E-state index contributed by atoms with van der Waals surface area (Å²) < 4.78 is 18.4. The summed E-state index contributed by atoms with van der Waals surface area (Å²) >= 11 is 0. The Bertz CT molecular complexity index is 594. The molecule has 0 aliphatic carbocycles. The number of amides is 1. The normalized spacial score (nSPS) is 21.0. The van der Waals surface area contributed by atoms with Gasteiger partial charge in [0.25, 0.3) is 5.91 Å². The van der Waals surface area contributed by atoms with Crippen LogP contribution in [0.25, 0.3) is 0 Å². The lowest BCUT2D eigenvalue weighted by Gasteiger charge is -2.23. The summed E-state index contributed by atoms with van der Waals surface area (Å²) in [5.74, 6) is -0.802. The summed E-state index contributed by atoms with van der Waals surface area (Å²) in [5.41, 5.74) is 0. The highest BCUT2D eigenvalue weighted by molar-refractivity contribution is 5.78. The molecule has 0 bridgehead atoms. The predicted octanol–water partition coefficient (Wildman–Crippen LogP) is 1.36. The Morgan fingerprint density at radius 2 is 2.17 bits per heavy atom. The number of nitrogens with zero attached hydrogens (tertiary/aromatic N) is 1. The molecular weight excluding hydrogens is 315 g/mol. The fourth-order valence-corrected chi connectivity index (χ4v) is 3.02. The van der Waals surface area contributed by atoms with Gasteiger partial charge in [0.1, 0.15) is 11.6 Å². The van der Waals surface area contributed by atoms with Gasteiger partial charge in [0, 0.05) is 25.2 Å². The first-order chi connectivity index (χ1) is 11.3. The van der Waals surface area contributed by atoms with E-state index in [-0.39, 0.29) is 31.0 Å². The predicted molar refractivity (Wildman–Crippen MR) is 86.2 cm³/mol. The third-order valence-corrected chi connectivity index (χ3v) is 4.17. The molecular formula is C17H23FN2O4. The smallest absolute Gasteiger partial charge is 0.317 e. The minimum atomic E-state index is -0.876. The number of rotatable bonds is 7. The quantitative estimate of drug-likeness (QED) is 0.785. The van der Waals surface area contributed by atoms with Crippen molar-refractivity contribution in [3.8, 4) is 5.75 Å². The zero-order chi connectivity index (χ0) is 17.7. The Balaban J connectivity index is 1.87. The highest BCUT2D eigenvalue weighted by Crippen LogP contribution is 2.24. The molecule has 1 aliphatic heterocycles. The van der Waals surface area contributed by atoms with Crippen molar-refractivity contribution in [2.75, 3.05) is 26.2 Å². The summed E-state index contributed by atoms with van der Waals surface area (Å²) in [6.07, 6.45) is 0. The molecule has 1 heterocycles. The number of carbonyl (C=O) groups is 2. The minimum Gasteiger partial charge on any atom is -0.484 e. The van der Waals surface area contributed by atoms with Crippen molar-refractivity contribution in [3.05, 3.63) is 30.1 Å². The van der Waals surface area contributed by atoms with Gasteiger partial charge in [0.05, 0.1) is 6.54 Å².